The van der Waals surface area contributed by atoms with Crippen LogP contribution in [0.15, 0.2) is 30.5 Å². The molecule has 0 saturated carbocycles. The second-order valence-corrected chi connectivity index (χ2v) is 6.49. The van der Waals surface area contributed by atoms with Gasteiger partial charge in [0, 0.05) is 30.1 Å². The molecule has 0 aliphatic rings. The number of rotatable bonds is 8. The molecule has 0 fully saturated rings. The fourth-order valence-corrected chi connectivity index (χ4v) is 3.18. The second kappa shape index (κ2) is 8.13. The van der Waals surface area contributed by atoms with Gasteiger partial charge in [-0.1, -0.05) is 25.1 Å². The van der Waals surface area contributed by atoms with Gasteiger partial charge in [0.15, 0.2) is 0 Å². The first-order valence-electron chi connectivity index (χ1n) is 7.51. The van der Waals surface area contributed by atoms with E-state index in [2.05, 4.69) is 47.9 Å². The van der Waals surface area contributed by atoms with Gasteiger partial charge in [0.25, 0.3) is 0 Å². The number of para-hydroxylation sites is 1. The quantitative estimate of drug-likeness (QED) is 0.782. The number of aromatic amines is 1. The predicted molar refractivity (Wildman–Crippen MR) is 91.8 cm³/mol. The molecule has 1 heterocycles. The maximum absolute atomic E-state index is 11.8. The Labute approximate surface area is 130 Å². The largest absolute Gasteiger partial charge is 0.361 e. The predicted octanol–water partition coefficient (Wildman–Crippen LogP) is 3.61. The Hall–Kier alpha value is -1.42. The number of hydrogen-bond donors (Lipinski definition) is 2. The first kappa shape index (κ1) is 16.0. The van der Waals surface area contributed by atoms with Gasteiger partial charge < -0.3 is 10.3 Å². The van der Waals surface area contributed by atoms with Crippen LogP contribution in [0.25, 0.3) is 10.9 Å². The first-order valence-corrected chi connectivity index (χ1v) is 8.90. The SMILES string of the molecule is CSCC(C)CNC(=O)CCCc1c[nH]c2ccccc12. The number of amides is 1. The van der Waals surface area contributed by atoms with Crippen LogP contribution in [0.3, 0.4) is 0 Å². The average Bonchev–Trinajstić information content (AvgIpc) is 2.89. The van der Waals surface area contributed by atoms with E-state index in [-0.39, 0.29) is 5.91 Å². The van der Waals surface area contributed by atoms with E-state index < -0.39 is 0 Å². The van der Waals surface area contributed by atoms with Gasteiger partial charge in [-0.05, 0) is 42.4 Å². The standard InChI is InChI=1S/C17H24N2OS/c1-13(12-21-2)10-19-17(20)9-5-6-14-11-18-16-8-4-3-7-15(14)16/h3-4,7-8,11,13,18H,5-6,9-10,12H2,1-2H3,(H,19,20). The number of H-pyrrole nitrogens is 1. The van der Waals surface area contributed by atoms with Gasteiger partial charge in [-0.3, -0.25) is 4.79 Å². The first-order chi connectivity index (χ1) is 10.2. The molecule has 0 saturated heterocycles. The lowest BCUT2D eigenvalue weighted by Crippen LogP contribution is -2.28. The fourth-order valence-electron chi connectivity index (χ4n) is 2.50. The molecule has 2 N–H and O–H groups in total. The smallest absolute Gasteiger partial charge is 0.220 e. The summed E-state index contributed by atoms with van der Waals surface area (Å²) in [6.45, 7) is 2.95. The van der Waals surface area contributed by atoms with Crippen molar-refractivity contribution in [3.63, 3.8) is 0 Å². The molecule has 0 bridgehead atoms. The van der Waals surface area contributed by atoms with Crippen molar-refractivity contribution in [2.45, 2.75) is 26.2 Å². The highest BCUT2D eigenvalue weighted by atomic mass is 32.2. The zero-order valence-electron chi connectivity index (χ0n) is 12.8. The Morgan fingerprint density at radius 3 is 3.00 bits per heavy atom. The lowest BCUT2D eigenvalue weighted by Gasteiger charge is -2.11. The molecule has 1 atom stereocenters. The van der Waals surface area contributed by atoms with Crippen LogP contribution in [0.2, 0.25) is 0 Å². The number of benzene rings is 1. The molecule has 21 heavy (non-hydrogen) atoms. The van der Waals surface area contributed by atoms with Gasteiger partial charge in [-0.15, -0.1) is 0 Å². The molecular formula is C17H24N2OS. The molecule has 1 aromatic carbocycles. The molecule has 0 aliphatic heterocycles. The van der Waals surface area contributed by atoms with Crippen molar-refractivity contribution in [1.82, 2.24) is 10.3 Å². The van der Waals surface area contributed by atoms with Crippen LogP contribution in [-0.2, 0) is 11.2 Å². The molecular weight excluding hydrogens is 280 g/mol. The lowest BCUT2D eigenvalue weighted by atomic mass is 10.1. The van der Waals surface area contributed by atoms with Crippen molar-refractivity contribution in [2.24, 2.45) is 5.92 Å². The molecule has 1 unspecified atom stereocenters. The van der Waals surface area contributed by atoms with Gasteiger partial charge in [0.2, 0.25) is 5.91 Å². The lowest BCUT2D eigenvalue weighted by molar-refractivity contribution is -0.121. The van der Waals surface area contributed by atoms with Gasteiger partial charge in [0.05, 0.1) is 0 Å². The van der Waals surface area contributed by atoms with Crippen LogP contribution in [0, 0.1) is 5.92 Å². The number of carbonyl (C=O) groups excluding carboxylic acids is 1. The second-order valence-electron chi connectivity index (χ2n) is 5.58. The molecule has 4 heteroatoms. The van der Waals surface area contributed by atoms with E-state index in [9.17, 15) is 4.79 Å². The van der Waals surface area contributed by atoms with Crippen molar-refractivity contribution in [3.8, 4) is 0 Å². The number of thioether (sulfide) groups is 1. The molecule has 2 aromatic rings. The molecule has 0 radical (unpaired) electrons. The minimum Gasteiger partial charge on any atom is -0.361 e. The third kappa shape index (κ3) is 4.81. The summed E-state index contributed by atoms with van der Waals surface area (Å²) in [6, 6.07) is 8.30. The molecule has 114 valence electrons. The van der Waals surface area contributed by atoms with E-state index >= 15 is 0 Å². The normalized spacial score (nSPS) is 12.5. The number of carbonyl (C=O) groups is 1. The van der Waals surface area contributed by atoms with Gasteiger partial charge in [0.1, 0.15) is 0 Å². The van der Waals surface area contributed by atoms with Crippen LogP contribution in [0.5, 0.6) is 0 Å². The summed E-state index contributed by atoms with van der Waals surface area (Å²) >= 11 is 1.82. The monoisotopic (exact) mass is 304 g/mol. The summed E-state index contributed by atoms with van der Waals surface area (Å²) in [7, 11) is 0. The van der Waals surface area contributed by atoms with Crippen molar-refractivity contribution >= 4 is 28.6 Å². The van der Waals surface area contributed by atoms with E-state index in [4.69, 9.17) is 0 Å². The van der Waals surface area contributed by atoms with Crippen molar-refractivity contribution in [2.75, 3.05) is 18.6 Å². The van der Waals surface area contributed by atoms with E-state index in [1.54, 1.807) is 0 Å². The average molecular weight is 304 g/mol. The fraction of sp³-hybridized carbons (Fsp3) is 0.471. The third-order valence-electron chi connectivity index (χ3n) is 3.62. The molecule has 1 aromatic heterocycles. The zero-order valence-corrected chi connectivity index (χ0v) is 13.6. The van der Waals surface area contributed by atoms with E-state index in [1.165, 1.54) is 16.5 Å². The Morgan fingerprint density at radius 1 is 1.38 bits per heavy atom. The molecule has 3 nitrogen and oxygen atoms in total. The van der Waals surface area contributed by atoms with Crippen LogP contribution >= 0.6 is 11.8 Å². The highest BCUT2D eigenvalue weighted by Gasteiger charge is 2.07. The number of hydrogen-bond acceptors (Lipinski definition) is 2. The number of nitrogens with one attached hydrogen (secondary N) is 2. The Morgan fingerprint density at radius 2 is 2.19 bits per heavy atom. The van der Waals surface area contributed by atoms with Gasteiger partial charge in [-0.25, -0.2) is 0 Å². The third-order valence-corrected chi connectivity index (χ3v) is 4.53. The van der Waals surface area contributed by atoms with Crippen LogP contribution in [0.1, 0.15) is 25.3 Å². The maximum atomic E-state index is 11.8. The van der Waals surface area contributed by atoms with Crippen molar-refractivity contribution in [3.05, 3.63) is 36.0 Å². The number of aryl methyl sites for hydroxylation is 1. The van der Waals surface area contributed by atoms with Crippen molar-refractivity contribution in [1.29, 1.82) is 0 Å². The van der Waals surface area contributed by atoms with Crippen molar-refractivity contribution < 1.29 is 4.79 Å². The van der Waals surface area contributed by atoms with Crippen LogP contribution in [0.4, 0.5) is 0 Å². The molecule has 0 aliphatic carbocycles. The minimum absolute atomic E-state index is 0.169. The summed E-state index contributed by atoms with van der Waals surface area (Å²) in [4.78, 5) is 15.1. The summed E-state index contributed by atoms with van der Waals surface area (Å²) < 4.78 is 0. The van der Waals surface area contributed by atoms with Crippen LogP contribution < -0.4 is 5.32 Å². The Balaban J connectivity index is 1.73. The highest BCUT2D eigenvalue weighted by Crippen LogP contribution is 2.19. The maximum Gasteiger partial charge on any atom is 0.220 e. The van der Waals surface area contributed by atoms with Crippen LogP contribution in [-0.4, -0.2) is 29.4 Å². The Kier molecular flexibility index (Phi) is 6.18. The van der Waals surface area contributed by atoms with E-state index in [0.717, 1.165) is 25.1 Å². The summed E-state index contributed by atoms with van der Waals surface area (Å²) in [5.74, 6) is 1.80. The zero-order chi connectivity index (χ0) is 15.1. The topological polar surface area (TPSA) is 44.9 Å². The van der Waals surface area contributed by atoms with E-state index in [1.807, 2.05) is 17.8 Å². The molecule has 2 rings (SSSR count). The molecule has 1 amide bonds. The van der Waals surface area contributed by atoms with Gasteiger partial charge >= 0.3 is 0 Å². The summed E-state index contributed by atoms with van der Waals surface area (Å²) in [5.41, 5.74) is 2.47. The Bertz CT molecular complexity index is 579. The van der Waals surface area contributed by atoms with E-state index in [0.29, 0.717) is 12.3 Å². The minimum atomic E-state index is 0.169. The summed E-state index contributed by atoms with van der Waals surface area (Å²) in [6.07, 6.45) is 6.59. The summed E-state index contributed by atoms with van der Waals surface area (Å²) in [5, 5.41) is 4.29. The number of aromatic nitrogens is 1. The van der Waals surface area contributed by atoms with Gasteiger partial charge in [-0.2, -0.15) is 11.8 Å². The molecule has 0 spiro atoms. The highest BCUT2D eigenvalue weighted by molar-refractivity contribution is 7.98. The number of fused-ring (bicyclic) bond motifs is 1.